The number of ether oxygens (including phenoxy) is 1. The second kappa shape index (κ2) is 9.93. The molecule has 0 unspecified atom stereocenters. The summed E-state index contributed by atoms with van der Waals surface area (Å²) in [4.78, 5) is 27.9. The SMILES string of the molecule is CCCN1C(=O)CN(S(=O)(=O)c2ccc(OC)cc2)C[C@@]1(C)C(=O)NCc1ccc(C)cc1. The molecule has 0 aliphatic carbocycles. The number of methoxy groups -OCH3 is 1. The molecule has 0 spiro atoms. The van der Waals surface area contributed by atoms with E-state index in [1.165, 1.54) is 24.1 Å². The monoisotopic (exact) mass is 473 g/mol. The Balaban J connectivity index is 1.86. The van der Waals surface area contributed by atoms with Gasteiger partial charge in [0.2, 0.25) is 21.8 Å². The second-order valence-corrected chi connectivity index (χ2v) is 10.4. The number of rotatable bonds is 8. The smallest absolute Gasteiger partial charge is 0.247 e. The number of aryl methyl sites for hydroxylation is 1. The van der Waals surface area contributed by atoms with Gasteiger partial charge in [0.1, 0.15) is 11.3 Å². The van der Waals surface area contributed by atoms with Crippen LogP contribution in [0.5, 0.6) is 5.75 Å². The van der Waals surface area contributed by atoms with E-state index >= 15 is 0 Å². The summed E-state index contributed by atoms with van der Waals surface area (Å²) in [5.41, 5.74) is 0.697. The zero-order valence-electron chi connectivity index (χ0n) is 19.5. The van der Waals surface area contributed by atoms with E-state index in [9.17, 15) is 18.0 Å². The van der Waals surface area contributed by atoms with Crippen molar-refractivity contribution >= 4 is 21.8 Å². The molecule has 8 nitrogen and oxygen atoms in total. The van der Waals surface area contributed by atoms with Crippen LogP contribution in [0.4, 0.5) is 0 Å². The lowest BCUT2D eigenvalue weighted by Gasteiger charge is -2.46. The quantitative estimate of drug-likeness (QED) is 0.635. The number of carbonyl (C=O) groups is 2. The van der Waals surface area contributed by atoms with E-state index in [0.717, 1.165) is 15.4 Å². The molecule has 1 N–H and O–H groups in total. The van der Waals surface area contributed by atoms with Crippen LogP contribution in [0.25, 0.3) is 0 Å². The highest BCUT2D eigenvalue weighted by atomic mass is 32.2. The Morgan fingerprint density at radius 1 is 1.12 bits per heavy atom. The summed E-state index contributed by atoms with van der Waals surface area (Å²) in [5, 5.41) is 2.89. The van der Waals surface area contributed by atoms with E-state index in [1.807, 2.05) is 38.1 Å². The minimum atomic E-state index is -3.98. The van der Waals surface area contributed by atoms with Gasteiger partial charge in [-0.05, 0) is 50.1 Å². The number of hydrogen-bond acceptors (Lipinski definition) is 5. The van der Waals surface area contributed by atoms with Crippen molar-refractivity contribution in [2.45, 2.75) is 44.2 Å². The Morgan fingerprint density at radius 2 is 1.76 bits per heavy atom. The average molecular weight is 474 g/mol. The van der Waals surface area contributed by atoms with Crippen LogP contribution in [0.15, 0.2) is 53.4 Å². The molecule has 1 aliphatic heterocycles. The molecule has 1 heterocycles. The van der Waals surface area contributed by atoms with Crippen LogP contribution in [-0.4, -0.2) is 61.7 Å². The standard InChI is InChI=1S/C24H31N3O5S/c1-5-14-27-22(28)16-26(33(30,31)21-12-10-20(32-4)11-13-21)17-24(27,3)23(29)25-15-19-8-6-18(2)7-9-19/h6-13H,5,14-17H2,1-4H3,(H,25,29)/t24-/m0/s1. The van der Waals surface area contributed by atoms with E-state index < -0.39 is 21.5 Å². The maximum atomic E-state index is 13.3. The number of carbonyl (C=O) groups excluding carboxylic acids is 2. The van der Waals surface area contributed by atoms with Gasteiger partial charge in [-0.15, -0.1) is 0 Å². The van der Waals surface area contributed by atoms with Gasteiger partial charge in [-0.3, -0.25) is 9.59 Å². The maximum Gasteiger partial charge on any atom is 0.247 e. The predicted octanol–water partition coefficient (Wildman–Crippen LogP) is 2.32. The first-order valence-electron chi connectivity index (χ1n) is 10.9. The van der Waals surface area contributed by atoms with Gasteiger partial charge in [0, 0.05) is 19.6 Å². The lowest BCUT2D eigenvalue weighted by atomic mass is 9.95. The van der Waals surface area contributed by atoms with Crippen LogP contribution in [0.1, 0.15) is 31.4 Å². The average Bonchev–Trinajstić information content (AvgIpc) is 2.80. The molecular formula is C24H31N3O5S. The van der Waals surface area contributed by atoms with Crippen LogP contribution in [0.2, 0.25) is 0 Å². The lowest BCUT2D eigenvalue weighted by Crippen LogP contribution is -2.69. The van der Waals surface area contributed by atoms with Crippen molar-refractivity contribution in [3.63, 3.8) is 0 Å². The largest absolute Gasteiger partial charge is 0.497 e. The molecule has 0 radical (unpaired) electrons. The number of hydrogen-bond donors (Lipinski definition) is 1. The van der Waals surface area contributed by atoms with Crippen molar-refractivity contribution in [2.24, 2.45) is 0 Å². The number of nitrogens with one attached hydrogen (secondary N) is 1. The van der Waals surface area contributed by atoms with Gasteiger partial charge in [0.05, 0.1) is 18.6 Å². The lowest BCUT2D eigenvalue weighted by molar-refractivity contribution is -0.152. The molecule has 1 saturated heterocycles. The van der Waals surface area contributed by atoms with Crippen molar-refractivity contribution < 1.29 is 22.7 Å². The van der Waals surface area contributed by atoms with Gasteiger partial charge in [-0.1, -0.05) is 36.8 Å². The van der Waals surface area contributed by atoms with Crippen LogP contribution in [0, 0.1) is 6.92 Å². The Hall–Kier alpha value is -2.91. The minimum Gasteiger partial charge on any atom is -0.497 e. The van der Waals surface area contributed by atoms with E-state index in [2.05, 4.69) is 5.32 Å². The Morgan fingerprint density at radius 3 is 2.33 bits per heavy atom. The molecule has 3 rings (SSSR count). The summed E-state index contributed by atoms with van der Waals surface area (Å²) >= 11 is 0. The molecule has 33 heavy (non-hydrogen) atoms. The second-order valence-electron chi connectivity index (χ2n) is 8.44. The van der Waals surface area contributed by atoms with Crippen molar-refractivity contribution in [2.75, 3.05) is 26.7 Å². The van der Waals surface area contributed by atoms with Gasteiger partial charge in [0.15, 0.2) is 0 Å². The first-order valence-corrected chi connectivity index (χ1v) is 12.3. The first-order chi connectivity index (χ1) is 15.6. The van der Waals surface area contributed by atoms with Gasteiger partial charge in [0.25, 0.3) is 0 Å². The van der Waals surface area contributed by atoms with Gasteiger partial charge < -0.3 is 15.0 Å². The highest BCUT2D eigenvalue weighted by Gasteiger charge is 2.49. The van der Waals surface area contributed by atoms with Crippen molar-refractivity contribution in [3.8, 4) is 5.75 Å². The van der Waals surface area contributed by atoms with Crippen LogP contribution >= 0.6 is 0 Å². The van der Waals surface area contributed by atoms with Crippen LogP contribution in [0.3, 0.4) is 0 Å². The molecule has 1 aliphatic rings. The van der Waals surface area contributed by atoms with Gasteiger partial charge in [-0.25, -0.2) is 8.42 Å². The molecule has 178 valence electrons. The Kier molecular flexibility index (Phi) is 7.44. The third kappa shape index (κ3) is 5.20. The van der Waals surface area contributed by atoms with Crippen molar-refractivity contribution in [1.29, 1.82) is 0 Å². The fourth-order valence-electron chi connectivity index (χ4n) is 3.93. The number of sulfonamides is 1. The number of amides is 2. The molecule has 1 fully saturated rings. The molecule has 2 amide bonds. The zero-order valence-corrected chi connectivity index (χ0v) is 20.3. The fourth-order valence-corrected chi connectivity index (χ4v) is 5.41. The van der Waals surface area contributed by atoms with Crippen molar-refractivity contribution in [3.05, 3.63) is 59.7 Å². The predicted molar refractivity (Wildman–Crippen MR) is 125 cm³/mol. The third-order valence-corrected chi connectivity index (χ3v) is 7.71. The van der Waals surface area contributed by atoms with E-state index in [-0.39, 0.29) is 30.4 Å². The van der Waals surface area contributed by atoms with E-state index in [0.29, 0.717) is 18.7 Å². The van der Waals surface area contributed by atoms with E-state index in [1.54, 1.807) is 19.1 Å². The summed E-state index contributed by atoms with van der Waals surface area (Å²) in [6.45, 7) is 5.73. The molecule has 0 aromatic heterocycles. The van der Waals surface area contributed by atoms with Crippen LogP contribution < -0.4 is 10.1 Å². The summed E-state index contributed by atoms with van der Waals surface area (Å²) in [6, 6.07) is 13.7. The van der Waals surface area contributed by atoms with E-state index in [4.69, 9.17) is 4.74 Å². The third-order valence-electron chi connectivity index (χ3n) is 5.90. The Bertz CT molecular complexity index is 1100. The maximum absolute atomic E-state index is 13.3. The first kappa shape index (κ1) is 24.7. The molecule has 9 heteroatoms. The van der Waals surface area contributed by atoms with Crippen molar-refractivity contribution in [1.82, 2.24) is 14.5 Å². The summed E-state index contributed by atoms with van der Waals surface area (Å²) in [6.07, 6.45) is 0.651. The topological polar surface area (TPSA) is 96.0 Å². The van der Waals surface area contributed by atoms with Gasteiger partial charge >= 0.3 is 0 Å². The highest BCUT2D eigenvalue weighted by molar-refractivity contribution is 7.89. The molecule has 0 bridgehead atoms. The molecule has 2 aromatic rings. The van der Waals surface area contributed by atoms with Gasteiger partial charge in [-0.2, -0.15) is 4.31 Å². The number of nitrogens with zero attached hydrogens (tertiary/aromatic N) is 2. The summed E-state index contributed by atoms with van der Waals surface area (Å²) in [5.74, 6) is -0.259. The fraction of sp³-hybridized carbons (Fsp3) is 0.417. The molecular weight excluding hydrogens is 442 g/mol. The molecule has 1 atom stereocenters. The van der Waals surface area contributed by atoms with Crippen LogP contribution in [-0.2, 0) is 26.2 Å². The summed E-state index contributed by atoms with van der Waals surface area (Å²) < 4.78 is 32.8. The number of piperazine rings is 1. The molecule has 0 saturated carbocycles. The zero-order chi connectivity index (χ0) is 24.2. The molecule has 2 aromatic carbocycles. The Labute approximate surface area is 195 Å². The summed E-state index contributed by atoms with van der Waals surface area (Å²) in [7, 11) is -2.49. The highest BCUT2D eigenvalue weighted by Crippen LogP contribution is 2.28. The normalized spacial score (nSPS) is 19.4. The number of benzene rings is 2. The minimum absolute atomic E-state index is 0.0439.